The van der Waals surface area contributed by atoms with Crippen molar-refractivity contribution in [1.29, 1.82) is 0 Å². The van der Waals surface area contributed by atoms with E-state index in [9.17, 15) is 21.6 Å². The van der Waals surface area contributed by atoms with Gasteiger partial charge in [0.25, 0.3) is 6.29 Å². The smallest absolute Gasteiger partial charge is 0.339 e. The Kier molecular flexibility index (Phi) is 7.58. The Labute approximate surface area is 228 Å². The van der Waals surface area contributed by atoms with Crippen molar-refractivity contribution in [2.45, 2.75) is 16.1 Å². The molecule has 0 radical (unpaired) electrons. The summed E-state index contributed by atoms with van der Waals surface area (Å²) < 4.78 is 73.2. The maximum atomic E-state index is 12.8. The average molecular weight is 740 g/mol. The second kappa shape index (κ2) is 10.3. The van der Waals surface area contributed by atoms with Gasteiger partial charge in [-0.25, -0.2) is 4.79 Å². The molecule has 0 aromatic heterocycles. The zero-order valence-corrected chi connectivity index (χ0v) is 23.3. The van der Waals surface area contributed by atoms with Crippen molar-refractivity contribution in [2.24, 2.45) is 0 Å². The number of carbonyl (C=O) groups excluding carboxylic acids is 1. The summed E-state index contributed by atoms with van der Waals surface area (Å²) in [5, 5.41) is 0. The molecule has 3 aromatic carbocycles. The third kappa shape index (κ3) is 5.90. The largest absolute Gasteiger partial charge is 0.448 e. The topological polar surface area (TPSA) is 122 Å². The first-order valence-electron chi connectivity index (χ1n) is 9.63. The molecular weight excluding hydrogens is 726 g/mol. The van der Waals surface area contributed by atoms with Crippen LogP contribution < -0.4 is 13.1 Å². The minimum absolute atomic E-state index is 0.00886. The van der Waals surface area contributed by atoms with Gasteiger partial charge >= 0.3 is 26.2 Å². The van der Waals surface area contributed by atoms with E-state index in [0.717, 1.165) is 6.07 Å². The van der Waals surface area contributed by atoms with Gasteiger partial charge < -0.3 is 17.8 Å². The van der Waals surface area contributed by atoms with Gasteiger partial charge in [0, 0.05) is 18.2 Å². The van der Waals surface area contributed by atoms with Crippen LogP contribution in [0.1, 0.15) is 0 Å². The van der Waals surface area contributed by atoms with Crippen LogP contribution in [0.2, 0.25) is 0 Å². The summed E-state index contributed by atoms with van der Waals surface area (Å²) in [6.45, 7) is 0. The van der Waals surface area contributed by atoms with E-state index in [0.29, 0.717) is 0 Å². The van der Waals surface area contributed by atoms with Crippen molar-refractivity contribution in [3.63, 3.8) is 0 Å². The summed E-state index contributed by atoms with van der Waals surface area (Å²) in [6.07, 6.45) is 1.41. The van der Waals surface area contributed by atoms with Crippen LogP contribution >= 0.6 is 45.2 Å². The Bertz CT molecular complexity index is 1410. The number of hydrogen-bond acceptors (Lipinski definition) is 9. The number of esters is 1. The van der Waals surface area contributed by atoms with Crippen molar-refractivity contribution in [3.05, 3.63) is 86.0 Å². The molecule has 9 nitrogen and oxygen atoms in total. The number of hydrogen-bond donors (Lipinski definition) is 0. The molecule has 4 rings (SSSR count). The zero-order valence-electron chi connectivity index (χ0n) is 17.3. The normalized spacial score (nSPS) is 15.5. The van der Waals surface area contributed by atoms with E-state index in [4.69, 9.17) is 17.8 Å². The summed E-state index contributed by atoms with van der Waals surface area (Å²) in [5.41, 5.74) is 0. The predicted molar refractivity (Wildman–Crippen MR) is 140 cm³/mol. The summed E-state index contributed by atoms with van der Waals surface area (Å²) >= 11 is 3.59. The number of rotatable bonds is 8. The highest BCUT2D eigenvalue weighted by molar-refractivity contribution is 14.1. The van der Waals surface area contributed by atoms with Crippen LogP contribution in [0.5, 0.6) is 17.2 Å². The second-order valence-corrected chi connectivity index (χ2v) is 12.1. The van der Waals surface area contributed by atoms with Gasteiger partial charge in [-0.05, 0) is 69.4 Å². The number of carbonyl (C=O) groups is 1. The molecular formula is C22H14I2O9S2. The van der Waals surface area contributed by atoms with Crippen LogP contribution in [0, 0.1) is 7.14 Å². The molecule has 13 heteroatoms. The monoisotopic (exact) mass is 740 g/mol. The highest BCUT2D eigenvalue weighted by Gasteiger charge is 2.29. The molecule has 0 bridgehead atoms. The molecule has 1 aliphatic rings. The average Bonchev–Trinajstić information content (AvgIpc) is 3.25. The molecule has 0 N–H and O–H groups in total. The van der Waals surface area contributed by atoms with Crippen LogP contribution in [0.15, 0.2) is 88.7 Å². The first-order chi connectivity index (χ1) is 16.6. The van der Waals surface area contributed by atoms with Crippen molar-refractivity contribution in [3.8, 4) is 17.2 Å². The highest BCUT2D eigenvalue weighted by atomic mass is 127. The molecule has 0 amide bonds. The van der Waals surface area contributed by atoms with Gasteiger partial charge in [0.1, 0.15) is 16.9 Å². The minimum atomic E-state index is -4.28. The number of benzene rings is 3. The van der Waals surface area contributed by atoms with Gasteiger partial charge in [0.05, 0.1) is 0 Å². The Balaban J connectivity index is 1.79. The fourth-order valence-electron chi connectivity index (χ4n) is 2.83. The van der Waals surface area contributed by atoms with Gasteiger partial charge in [0.15, 0.2) is 17.2 Å². The second-order valence-electron chi connectivity index (χ2n) is 6.81. The van der Waals surface area contributed by atoms with Gasteiger partial charge in [-0.3, -0.25) is 0 Å². The lowest BCUT2D eigenvalue weighted by Gasteiger charge is -2.19. The van der Waals surface area contributed by atoms with Gasteiger partial charge in [0.2, 0.25) is 0 Å². The van der Waals surface area contributed by atoms with E-state index in [1.165, 1.54) is 60.7 Å². The lowest BCUT2D eigenvalue weighted by molar-refractivity contribution is -0.147. The quantitative estimate of drug-likeness (QED) is 0.190. The van der Waals surface area contributed by atoms with E-state index in [2.05, 4.69) is 0 Å². The van der Waals surface area contributed by atoms with Crippen molar-refractivity contribution in [2.75, 3.05) is 0 Å². The van der Waals surface area contributed by atoms with Crippen LogP contribution in [0.3, 0.4) is 0 Å². The van der Waals surface area contributed by atoms with E-state index >= 15 is 0 Å². The maximum absolute atomic E-state index is 12.8. The third-order valence-corrected chi connectivity index (χ3v) is 8.95. The number of ether oxygens (including phenoxy) is 2. The molecule has 0 fully saturated rings. The standard InChI is InChI=1S/C22H14I2O9S2/c23-20-16(32-34(26,27)14-7-3-1-4-8-14)13-17(33-35(28,29)15-9-5-2-6-10-15)21(24)22(20)31-19-12-11-18(25)30-19/h1-13,19H. The minimum Gasteiger partial charge on any atom is -0.448 e. The molecule has 3 aromatic rings. The SMILES string of the molecule is O=C1C=CC(Oc2c(I)c(OS(=O)(=O)c3ccccc3)cc(OS(=O)(=O)c3ccccc3)c2I)O1. The summed E-state index contributed by atoms with van der Waals surface area (Å²) in [6, 6.07) is 16.0. The molecule has 0 spiro atoms. The van der Waals surface area contributed by atoms with Gasteiger partial charge in [-0.2, -0.15) is 16.8 Å². The fraction of sp³-hybridized carbons (Fsp3) is 0.0455. The van der Waals surface area contributed by atoms with Crippen LogP contribution in [0.4, 0.5) is 0 Å². The third-order valence-electron chi connectivity index (χ3n) is 4.41. The summed E-state index contributed by atoms with van der Waals surface area (Å²) in [5.74, 6) is -1.09. The van der Waals surface area contributed by atoms with E-state index < -0.39 is 32.5 Å². The summed E-state index contributed by atoms with van der Waals surface area (Å²) in [4.78, 5) is 11.2. The number of halogens is 2. The Morgan fingerprint density at radius 2 is 1.20 bits per heavy atom. The number of cyclic esters (lactones) is 1. The lowest BCUT2D eigenvalue weighted by atomic mass is 10.3. The molecule has 0 saturated heterocycles. The van der Waals surface area contributed by atoms with Crippen molar-refractivity contribution < 1.29 is 39.5 Å². The van der Waals surface area contributed by atoms with Crippen LogP contribution in [-0.2, 0) is 29.8 Å². The van der Waals surface area contributed by atoms with Crippen LogP contribution in [0.25, 0.3) is 0 Å². The molecule has 182 valence electrons. The predicted octanol–water partition coefficient (Wildman–Crippen LogP) is 4.25. The molecule has 0 saturated carbocycles. The first kappa shape index (κ1) is 25.7. The first-order valence-corrected chi connectivity index (χ1v) is 14.6. The maximum Gasteiger partial charge on any atom is 0.339 e. The van der Waals surface area contributed by atoms with Crippen LogP contribution in [-0.4, -0.2) is 29.1 Å². The zero-order chi connectivity index (χ0) is 25.2. The van der Waals surface area contributed by atoms with Crippen molar-refractivity contribution >= 4 is 71.4 Å². The Hall–Kier alpha value is -2.37. The fourth-order valence-corrected chi connectivity index (χ4v) is 6.88. The molecule has 1 aliphatic heterocycles. The Morgan fingerprint density at radius 1 is 0.743 bits per heavy atom. The van der Waals surface area contributed by atoms with Gasteiger partial charge in [-0.15, -0.1) is 0 Å². The van der Waals surface area contributed by atoms with E-state index in [1.54, 1.807) is 57.3 Å². The van der Waals surface area contributed by atoms with Gasteiger partial charge in [-0.1, -0.05) is 36.4 Å². The highest BCUT2D eigenvalue weighted by Crippen LogP contribution is 2.43. The lowest BCUT2D eigenvalue weighted by Crippen LogP contribution is -2.18. The molecule has 0 aliphatic carbocycles. The molecule has 1 unspecified atom stereocenters. The van der Waals surface area contributed by atoms with Crippen molar-refractivity contribution in [1.82, 2.24) is 0 Å². The molecule has 1 heterocycles. The van der Waals surface area contributed by atoms with E-state index in [1.807, 2.05) is 0 Å². The van der Waals surface area contributed by atoms with E-state index in [-0.39, 0.29) is 34.2 Å². The molecule has 35 heavy (non-hydrogen) atoms. The molecule has 1 atom stereocenters. The summed E-state index contributed by atoms with van der Waals surface area (Å²) in [7, 11) is -8.56. The Morgan fingerprint density at radius 3 is 1.60 bits per heavy atom.